The first-order chi connectivity index (χ1) is 7.04. The first-order valence-corrected chi connectivity index (χ1v) is 14.6. The summed E-state index contributed by atoms with van der Waals surface area (Å²) in [6.07, 6.45) is 0. The number of hydrogen-bond donors (Lipinski definition) is 1. The molecule has 0 aliphatic rings. The van der Waals surface area contributed by atoms with Crippen LogP contribution in [0.15, 0.2) is 29.4 Å². The molecule has 0 saturated carbocycles. The van der Waals surface area contributed by atoms with E-state index in [9.17, 15) is 0 Å². The van der Waals surface area contributed by atoms with Crippen molar-refractivity contribution in [1.29, 1.82) is 0 Å². The van der Waals surface area contributed by atoms with Crippen LogP contribution in [0.4, 0.5) is 0 Å². The Hall–Kier alpha value is 0.210. The summed E-state index contributed by atoms with van der Waals surface area (Å²) in [5.41, 5.74) is 2.23. The van der Waals surface area contributed by atoms with E-state index in [1.165, 1.54) is 0 Å². The van der Waals surface area contributed by atoms with E-state index in [0.717, 1.165) is 16.2 Å². The number of aromatic nitrogens is 2. The Balaban J connectivity index is 2.16. The van der Waals surface area contributed by atoms with Gasteiger partial charge in [0, 0.05) is 0 Å². The zero-order valence-electron chi connectivity index (χ0n) is 8.97. The monoisotopic (exact) mass is 423 g/mol. The second-order valence-corrected chi connectivity index (χ2v) is 24.1. The fraction of sp³-hybridized carbons (Fsp3) is 0.300. The molecule has 0 fully saturated rings. The van der Waals surface area contributed by atoms with Gasteiger partial charge in [0.2, 0.25) is 0 Å². The summed E-state index contributed by atoms with van der Waals surface area (Å²) in [6.45, 7) is 7.26. The number of nitrogens with one attached hydrogen (secondary N) is 1. The Morgan fingerprint density at radius 2 is 2.00 bits per heavy atom. The average Bonchev–Trinajstić information content (AvgIpc) is 2.56. The number of H-pyrrole nitrogens is 1. The Morgan fingerprint density at radius 1 is 1.27 bits per heavy atom. The molecule has 2 aromatic rings. The maximum absolute atomic E-state index is 4.57. The fourth-order valence-corrected chi connectivity index (χ4v) is 10.8. The van der Waals surface area contributed by atoms with Crippen molar-refractivity contribution in [1.82, 2.24) is 9.97 Å². The molecule has 0 unspecified atom stereocenters. The normalized spacial score (nSPS) is 13.5. The Morgan fingerprint density at radius 3 is 2.67 bits per heavy atom. The molecule has 5 heteroatoms. The van der Waals surface area contributed by atoms with Crippen LogP contribution in [0, 0.1) is 0 Å². The van der Waals surface area contributed by atoms with Gasteiger partial charge in [0.05, 0.1) is 0 Å². The van der Waals surface area contributed by atoms with Crippen LogP contribution in [0.5, 0.6) is 0 Å². The van der Waals surface area contributed by atoms with E-state index in [-0.39, 0.29) is 0 Å². The number of para-hydroxylation sites is 2. The van der Waals surface area contributed by atoms with Crippen molar-refractivity contribution in [2.75, 3.05) is 20.0 Å². The second kappa shape index (κ2) is 4.60. The Bertz CT molecular complexity index is 431. The summed E-state index contributed by atoms with van der Waals surface area (Å²) < 4.78 is 0. The molecule has 0 aliphatic heterocycles. The van der Waals surface area contributed by atoms with Crippen LogP contribution < -0.4 is 0 Å². The van der Waals surface area contributed by atoms with Crippen molar-refractivity contribution >= 4 is 25.4 Å². The Labute approximate surface area is 102 Å². The zero-order chi connectivity index (χ0) is 10.9. The molecule has 1 aromatic carbocycles. The van der Waals surface area contributed by atoms with E-state index in [2.05, 4.69) is 42.1 Å². The molecule has 0 spiro atoms. The van der Waals surface area contributed by atoms with Gasteiger partial charge in [-0.3, -0.25) is 0 Å². The van der Waals surface area contributed by atoms with Crippen molar-refractivity contribution in [3.8, 4) is 0 Å². The Kier molecular flexibility index (Phi) is 3.59. The van der Waals surface area contributed by atoms with E-state index >= 15 is 0 Å². The van der Waals surface area contributed by atoms with Gasteiger partial charge < -0.3 is 0 Å². The van der Waals surface area contributed by atoms with Crippen molar-refractivity contribution in [2.24, 2.45) is 0 Å². The molecule has 87 valence electrons. The third-order valence-electron chi connectivity index (χ3n) is 1.64. The topological polar surface area (TPSA) is 28.7 Å². The van der Waals surface area contributed by atoms with Crippen molar-refractivity contribution in [3.63, 3.8) is 0 Å². The van der Waals surface area contributed by atoms with Crippen LogP contribution in [0.25, 0.3) is 11.0 Å². The predicted molar refractivity (Wildman–Crippen MR) is 68.0 cm³/mol. The number of nitrogens with zero attached hydrogens (tertiary/aromatic N) is 1. The van der Waals surface area contributed by atoms with Crippen LogP contribution in [0.3, 0.4) is 0 Å². The second-order valence-electron chi connectivity index (χ2n) is 4.13. The van der Waals surface area contributed by atoms with Crippen LogP contribution in [-0.2, 0) is 17.9 Å². The summed E-state index contributed by atoms with van der Waals surface area (Å²) in [4.78, 5) is 7.94. The first kappa shape index (κ1) is 11.7. The van der Waals surface area contributed by atoms with E-state index in [1.54, 1.807) is 0 Å². The van der Waals surface area contributed by atoms with Gasteiger partial charge in [0.1, 0.15) is 0 Å². The fourth-order valence-electron chi connectivity index (χ4n) is 1.08. The molecule has 0 atom stereocenters. The van der Waals surface area contributed by atoms with E-state index in [4.69, 9.17) is 0 Å². The van der Waals surface area contributed by atoms with Gasteiger partial charge in [0.15, 0.2) is 0 Å². The molecule has 0 bridgehead atoms. The molecular formula is C10H15AuN2PS. The number of benzene rings is 1. The van der Waals surface area contributed by atoms with Crippen LogP contribution in [0.2, 0.25) is 0 Å². The summed E-state index contributed by atoms with van der Waals surface area (Å²) in [6, 6.07) is 8.21. The standard InChI is InChI=1S/C7H6N2S.C3H9P.Au/c10-7-8-5-3-1-2-4-6(5)9-7;1-4(2)3;/h1-4H,(H2,8,9,10);1-3H3;. The average molecular weight is 423 g/mol. The number of rotatable bonds is 3. The van der Waals surface area contributed by atoms with Crippen LogP contribution in [-0.4, -0.2) is 30.0 Å². The minimum atomic E-state index is -0.889. The predicted octanol–water partition coefficient (Wildman–Crippen LogP) is 3.21. The summed E-state index contributed by atoms with van der Waals surface area (Å²) in [5, 5.41) is 0.209. The molecule has 15 heavy (non-hydrogen) atoms. The van der Waals surface area contributed by atoms with Gasteiger partial charge in [-0.2, -0.15) is 0 Å². The van der Waals surface area contributed by atoms with E-state index < -0.39 is 5.15 Å². The zero-order valence-corrected chi connectivity index (χ0v) is 12.9. The molecule has 0 amide bonds. The molecule has 1 N–H and O–H groups in total. The molecule has 0 saturated heterocycles. The molecule has 0 radical (unpaired) electrons. The number of aromatic amines is 1. The summed E-state index contributed by atoms with van der Waals surface area (Å²) >= 11 is 0.342. The molecule has 1 heterocycles. The third-order valence-corrected chi connectivity index (χ3v) is 18.9. The molecule has 0 aliphatic carbocycles. The molecular weight excluding hydrogens is 408 g/mol. The first-order valence-electron chi connectivity index (χ1n) is 4.75. The van der Waals surface area contributed by atoms with Crippen LogP contribution in [0.1, 0.15) is 0 Å². The van der Waals surface area contributed by atoms with Gasteiger partial charge in [-0.05, 0) is 0 Å². The van der Waals surface area contributed by atoms with Gasteiger partial charge >= 0.3 is 103 Å². The summed E-state index contributed by atoms with van der Waals surface area (Å²) in [7, 11) is 1.95. The summed E-state index contributed by atoms with van der Waals surface area (Å²) in [5.74, 6) is 0. The van der Waals surface area contributed by atoms with Crippen LogP contribution >= 0.6 is 14.4 Å². The van der Waals surface area contributed by atoms with Gasteiger partial charge in [-0.1, -0.05) is 0 Å². The van der Waals surface area contributed by atoms with Gasteiger partial charge in [0.25, 0.3) is 0 Å². The number of fused-ring (bicyclic) bond motifs is 1. The molecule has 2 rings (SSSR count). The molecule has 2 nitrogen and oxygen atoms in total. The van der Waals surface area contributed by atoms with Crippen molar-refractivity contribution in [2.45, 2.75) is 5.16 Å². The third kappa shape index (κ3) is 3.33. The SMILES string of the molecule is C[PH](C)(C)[Au][S]c1nc2ccccc2[nH]1. The van der Waals surface area contributed by atoms with E-state index in [0.29, 0.717) is 17.9 Å². The number of hydrogen-bond acceptors (Lipinski definition) is 2. The molecule has 1 aromatic heterocycles. The van der Waals surface area contributed by atoms with Crippen molar-refractivity contribution < 1.29 is 17.9 Å². The number of imidazole rings is 1. The minimum absolute atomic E-state index is 0.342. The quantitative estimate of drug-likeness (QED) is 0.607. The van der Waals surface area contributed by atoms with Gasteiger partial charge in [-0.25, -0.2) is 0 Å². The van der Waals surface area contributed by atoms with Gasteiger partial charge in [-0.15, -0.1) is 0 Å². The maximum atomic E-state index is 4.57. The van der Waals surface area contributed by atoms with Crippen molar-refractivity contribution in [3.05, 3.63) is 24.3 Å². The van der Waals surface area contributed by atoms with E-state index in [1.807, 2.05) is 21.4 Å².